The summed E-state index contributed by atoms with van der Waals surface area (Å²) < 4.78 is 10.8. The number of ketones is 1. The number of benzene rings is 2. The van der Waals surface area contributed by atoms with Crippen LogP contribution in [-0.2, 0) is 9.53 Å². The van der Waals surface area contributed by atoms with Gasteiger partial charge in [0.15, 0.2) is 0 Å². The van der Waals surface area contributed by atoms with E-state index in [2.05, 4.69) is 5.32 Å². The molecule has 0 spiro atoms. The summed E-state index contributed by atoms with van der Waals surface area (Å²) in [5, 5.41) is 3.52. The molecule has 0 saturated carbocycles. The fourth-order valence-electron chi connectivity index (χ4n) is 3.70. The summed E-state index contributed by atoms with van der Waals surface area (Å²) >= 11 is 0. The second-order valence-electron chi connectivity index (χ2n) is 9.01. The lowest BCUT2D eigenvalue weighted by Gasteiger charge is -2.37. The fraction of sp³-hybridized carbons (Fsp3) is 0.440. The van der Waals surface area contributed by atoms with Crippen molar-refractivity contribution in [1.29, 1.82) is 0 Å². The van der Waals surface area contributed by atoms with Crippen molar-refractivity contribution in [2.45, 2.75) is 45.8 Å². The molecule has 3 rings (SSSR count). The first-order valence-corrected chi connectivity index (χ1v) is 10.6. The number of nitrogens with zero attached hydrogens (tertiary/aromatic N) is 1. The van der Waals surface area contributed by atoms with E-state index < -0.39 is 5.60 Å². The van der Waals surface area contributed by atoms with Crippen LogP contribution in [0.15, 0.2) is 48.5 Å². The minimum atomic E-state index is -0.578. The van der Waals surface area contributed by atoms with Crippen molar-refractivity contribution in [3.63, 3.8) is 0 Å². The van der Waals surface area contributed by atoms with Crippen LogP contribution in [0.3, 0.4) is 0 Å². The van der Waals surface area contributed by atoms with Crippen LogP contribution in [0.1, 0.15) is 44.4 Å². The van der Waals surface area contributed by atoms with Gasteiger partial charge in [-0.2, -0.15) is 0 Å². The Labute approximate surface area is 184 Å². The third kappa shape index (κ3) is 6.00. The molecule has 6 heteroatoms. The summed E-state index contributed by atoms with van der Waals surface area (Å²) in [5.41, 5.74) is 2.46. The van der Waals surface area contributed by atoms with E-state index in [1.54, 1.807) is 12.0 Å². The SMILES string of the molecule is COc1ccc(N[C@H](c2ccc(C)cc2)C2CN(C(=O)OC(C)(C)C)CCC2=O)cc1. The normalized spacial score (nSPS) is 17.8. The maximum Gasteiger partial charge on any atom is 0.410 e. The Morgan fingerprint density at radius 3 is 2.32 bits per heavy atom. The van der Waals surface area contributed by atoms with Crippen LogP contribution in [0.25, 0.3) is 0 Å². The van der Waals surface area contributed by atoms with Gasteiger partial charge in [0.05, 0.1) is 19.1 Å². The highest BCUT2D eigenvalue weighted by Gasteiger charge is 2.37. The first-order valence-electron chi connectivity index (χ1n) is 10.6. The summed E-state index contributed by atoms with van der Waals surface area (Å²) in [6.45, 7) is 8.27. The number of ether oxygens (including phenoxy) is 2. The molecule has 1 unspecified atom stereocenters. The zero-order chi connectivity index (χ0) is 22.6. The standard InChI is InChI=1S/C25H32N2O4/c1-17-6-8-18(9-7-17)23(26-19-10-12-20(30-5)13-11-19)21-16-27(15-14-22(21)28)24(29)31-25(2,3)4/h6-13,21,23,26H,14-16H2,1-5H3/t21?,23-/m1/s1. The molecular formula is C25H32N2O4. The topological polar surface area (TPSA) is 67.9 Å². The first kappa shape index (κ1) is 22.7. The lowest BCUT2D eigenvalue weighted by atomic mass is 9.85. The average molecular weight is 425 g/mol. The number of hydrogen-bond donors (Lipinski definition) is 1. The Hall–Kier alpha value is -3.02. The van der Waals surface area contributed by atoms with Crippen molar-refractivity contribution in [3.05, 3.63) is 59.7 Å². The summed E-state index contributed by atoms with van der Waals surface area (Å²) in [7, 11) is 1.63. The summed E-state index contributed by atoms with van der Waals surface area (Å²) in [6, 6.07) is 15.5. The molecule has 31 heavy (non-hydrogen) atoms. The average Bonchev–Trinajstić information content (AvgIpc) is 2.72. The Balaban J connectivity index is 1.87. The number of methoxy groups -OCH3 is 1. The number of Topliss-reactive ketones (excluding diaryl/α,β-unsaturated/α-hetero) is 1. The molecule has 166 valence electrons. The van der Waals surface area contributed by atoms with Gasteiger partial charge in [-0.05, 0) is 57.5 Å². The first-order chi connectivity index (χ1) is 14.7. The molecule has 2 atom stereocenters. The minimum absolute atomic E-state index is 0.145. The lowest BCUT2D eigenvalue weighted by Crippen LogP contribution is -2.48. The molecule has 0 aromatic heterocycles. The van der Waals surface area contributed by atoms with Crippen LogP contribution in [0, 0.1) is 12.8 Å². The maximum atomic E-state index is 13.0. The Morgan fingerprint density at radius 2 is 1.74 bits per heavy atom. The van der Waals surface area contributed by atoms with Gasteiger partial charge in [-0.25, -0.2) is 4.79 Å². The molecule has 1 saturated heterocycles. The summed E-state index contributed by atoms with van der Waals surface area (Å²) in [5.74, 6) is 0.528. The maximum absolute atomic E-state index is 13.0. The molecule has 1 amide bonds. The quantitative estimate of drug-likeness (QED) is 0.733. The molecule has 2 aromatic carbocycles. The van der Waals surface area contributed by atoms with Crippen molar-refractivity contribution in [2.75, 3.05) is 25.5 Å². The van der Waals surface area contributed by atoms with Gasteiger partial charge in [0.25, 0.3) is 0 Å². The van der Waals surface area contributed by atoms with Crippen molar-refractivity contribution in [3.8, 4) is 5.75 Å². The molecule has 0 radical (unpaired) electrons. The number of carbonyl (C=O) groups excluding carboxylic acids is 2. The number of amides is 1. The van der Waals surface area contributed by atoms with Crippen molar-refractivity contribution in [1.82, 2.24) is 4.90 Å². The Bertz CT molecular complexity index is 901. The van der Waals surface area contributed by atoms with Gasteiger partial charge in [-0.15, -0.1) is 0 Å². The van der Waals surface area contributed by atoms with Crippen molar-refractivity contribution in [2.24, 2.45) is 5.92 Å². The third-order valence-corrected chi connectivity index (χ3v) is 5.36. The number of carbonyl (C=O) groups is 2. The molecule has 0 aliphatic carbocycles. The van der Waals surface area contributed by atoms with E-state index in [4.69, 9.17) is 9.47 Å². The van der Waals surface area contributed by atoms with E-state index in [1.807, 2.05) is 76.2 Å². The Kier molecular flexibility index (Phi) is 6.88. The molecule has 1 aliphatic rings. The number of piperidine rings is 1. The van der Waals surface area contributed by atoms with E-state index in [0.717, 1.165) is 22.6 Å². The number of anilines is 1. The molecule has 1 aliphatic heterocycles. The van der Waals surface area contributed by atoms with Gasteiger partial charge < -0.3 is 19.7 Å². The van der Waals surface area contributed by atoms with E-state index in [-0.39, 0.29) is 23.8 Å². The largest absolute Gasteiger partial charge is 0.497 e. The minimum Gasteiger partial charge on any atom is -0.497 e. The smallest absolute Gasteiger partial charge is 0.410 e. The highest BCUT2D eigenvalue weighted by atomic mass is 16.6. The molecule has 1 fully saturated rings. The van der Waals surface area contributed by atoms with Gasteiger partial charge in [0.1, 0.15) is 17.1 Å². The summed E-state index contributed by atoms with van der Waals surface area (Å²) in [4.78, 5) is 27.3. The van der Waals surface area contributed by atoms with Gasteiger partial charge in [-0.1, -0.05) is 29.8 Å². The van der Waals surface area contributed by atoms with Crippen LogP contribution in [-0.4, -0.2) is 42.6 Å². The second kappa shape index (κ2) is 9.41. The van der Waals surface area contributed by atoms with Gasteiger partial charge in [0.2, 0.25) is 0 Å². The van der Waals surface area contributed by atoms with E-state index in [9.17, 15) is 9.59 Å². The fourth-order valence-corrected chi connectivity index (χ4v) is 3.70. The van der Waals surface area contributed by atoms with Crippen molar-refractivity contribution >= 4 is 17.6 Å². The molecule has 1 N–H and O–H groups in total. The number of hydrogen-bond acceptors (Lipinski definition) is 5. The molecule has 1 heterocycles. The molecule has 0 bridgehead atoms. The zero-order valence-corrected chi connectivity index (χ0v) is 19.0. The van der Waals surface area contributed by atoms with Crippen molar-refractivity contribution < 1.29 is 19.1 Å². The molecular weight excluding hydrogens is 392 g/mol. The van der Waals surface area contributed by atoms with E-state index in [0.29, 0.717) is 19.5 Å². The molecule has 2 aromatic rings. The van der Waals surface area contributed by atoms with Crippen LogP contribution in [0.2, 0.25) is 0 Å². The Morgan fingerprint density at radius 1 is 1.10 bits per heavy atom. The van der Waals surface area contributed by atoms with Crippen LogP contribution in [0.5, 0.6) is 5.75 Å². The number of likely N-dealkylation sites (tertiary alicyclic amines) is 1. The molecule has 6 nitrogen and oxygen atoms in total. The van der Waals surface area contributed by atoms with Crippen LogP contribution >= 0.6 is 0 Å². The predicted octanol–water partition coefficient (Wildman–Crippen LogP) is 4.98. The number of nitrogens with one attached hydrogen (secondary N) is 1. The van der Waals surface area contributed by atoms with Crippen LogP contribution in [0.4, 0.5) is 10.5 Å². The van der Waals surface area contributed by atoms with E-state index in [1.165, 1.54) is 0 Å². The van der Waals surface area contributed by atoms with E-state index >= 15 is 0 Å². The highest BCUT2D eigenvalue weighted by Crippen LogP contribution is 2.32. The summed E-state index contributed by atoms with van der Waals surface area (Å²) in [6.07, 6.45) is -0.0616. The van der Waals surface area contributed by atoms with Crippen LogP contribution < -0.4 is 10.1 Å². The predicted molar refractivity (Wildman–Crippen MR) is 121 cm³/mol. The van der Waals surface area contributed by atoms with Gasteiger partial charge in [0, 0.05) is 25.2 Å². The highest BCUT2D eigenvalue weighted by molar-refractivity contribution is 5.85. The number of aryl methyl sites for hydroxylation is 1. The second-order valence-corrected chi connectivity index (χ2v) is 9.01. The van der Waals surface area contributed by atoms with Gasteiger partial charge >= 0.3 is 6.09 Å². The van der Waals surface area contributed by atoms with Gasteiger partial charge in [-0.3, -0.25) is 4.79 Å². The number of rotatable bonds is 5. The lowest BCUT2D eigenvalue weighted by molar-refractivity contribution is -0.126. The monoisotopic (exact) mass is 424 g/mol. The third-order valence-electron chi connectivity index (χ3n) is 5.36. The zero-order valence-electron chi connectivity index (χ0n) is 19.0.